The Morgan fingerprint density at radius 3 is 2.43 bits per heavy atom. The average Bonchev–Trinajstić information content (AvgIpc) is 2.76. The fourth-order valence-corrected chi connectivity index (χ4v) is 2.65. The van der Waals surface area contributed by atoms with Crippen molar-refractivity contribution in [3.8, 4) is 5.75 Å². The van der Waals surface area contributed by atoms with Crippen LogP contribution in [0.25, 0.3) is 0 Å². The van der Waals surface area contributed by atoms with E-state index < -0.39 is 11.8 Å². The monoisotopic (exact) mass is 421 g/mol. The molecule has 0 aromatic heterocycles. The highest BCUT2D eigenvalue weighted by atomic mass is 35.5. The summed E-state index contributed by atoms with van der Waals surface area (Å²) in [5.74, 6) is -1.00. The van der Waals surface area contributed by atoms with Gasteiger partial charge in [-0.2, -0.15) is 5.10 Å². The molecule has 0 spiro atoms. The molecule has 0 fully saturated rings. The number of carbonyl (C=O) groups is 2. The minimum atomic E-state index is -0.884. The predicted molar refractivity (Wildman–Crippen MR) is 118 cm³/mol. The van der Waals surface area contributed by atoms with Crippen LogP contribution in [0, 0.1) is 6.92 Å². The Balaban J connectivity index is 1.47. The number of aryl methyl sites for hydroxylation is 1. The number of nitrogens with zero attached hydrogens (tertiary/aromatic N) is 1. The lowest BCUT2D eigenvalue weighted by Gasteiger charge is -2.06. The largest absolute Gasteiger partial charge is 0.489 e. The fraction of sp³-hybridized carbons (Fsp3) is 0.0870. The normalized spacial score (nSPS) is 10.6. The summed E-state index contributed by atoms with van der Waals surface area (Å²) in [4.78, 5) is 23.8. The van der Waals surface area contributed by atoms with Crippen LogP contribution >= 0.6 is 11.6 Å². The zero-order valence-corrected chi connectivity index (χ0v) is 17.0. The van der Waals surface area contributed by atoms with Crippen LogP contribution in [0.4, 0.5) is 5.69 Å². The molecule has 0 unspecified atom stereocenters. The molecular weight excluding hydrogens is 402 g/mol. The zero-order chi connectivity index (χ0) is 21.3. The van der Waals surface area contributed by atoms with Gasteiger partial charge in [0.2, 0.25) is 0 Å². The maximum absolute atomic E-state index is 11.9. The third-order valence-electron chi connectivity index (χ3n) is 4.14. The van der Waals surface area contributed by atoms with Crippen molar-refractivity contribution < 1.29 is 14.3 Å². The molecule has 0 saturated carbocycles. The van der Waals surface area contributed by atoms with Crippen molar-refractivity contribution in [1.82, 2.24) is 5.43 Å². The van der Waals surface area contributed by atoms with Crippen LogP contribution in [-0.2, 0) is 16.2 Å². The topological polar surface area (TPSA) is 79.8 Å². The molecule has 152 valence electrons. The fourth-order valence-electron chi connectivity index (χ4n) is 2.47. The summed E-state index contributed by atoms with van der Waals surface area (Å²) in [5, 5.41) is 6.78. The summed E-state index contributed by atoms with van der Waals surface area (Å²) in [5.41, 5.74) is 5.32. The van der Waals surface area contributed by atoms with Crippen LogP contribution in [0.15, 0.2) is 77.9 Å². The van der Waals surface area contributed by atoms with E-state index in [4.69, 9.17) is 16.3 Å². The van der Waals surface area contributed by atoms with Gasteiger partial charge in [0.05, 0.1) is 6.21 Å². The van der Waals surface area contributed by atoms with E-state index in [0.29, 0.717) is 17.3 Å². The van der Waals surface area contributed by atoms with Crippen molar-refractivity contribution in [2.24, 2.45) is 5.10 Å². The Kier molecular flexibility index (Phi) is 7.19. The third kappa shape index (κ3) is 6.18. The molecule has 0 heterocycles. The lowest BCUT2D eigenvalue weighted by Crippen LogP contribution is -2.32. The lowest BCUT2D eigenvalue weighted by atomic mass is 10.2. The molecule has 0 aliphatic heterocycles. The van der Waals surface area contributed by atoms with Gasteiger partial charge < -0.3 is 10.1 Å². The van der Waals surface area contributed by atoms with Gasteiger partial charge in [-0.05, 0) is 60.0 Å². The van der Waals surface area contributed by atoms with Gasteiger partial charge in [0.15, 0.2) is 0 Å². The third-order valence-corrected chi connectivity index (χ3v) is 4.55. The molecule has 2 amide bonds. The van der Waals surface area contributed by atoms with Gasteiger partial charge in [0.25, 0.3) is 0 Å². The van der Waals surface area contributed by atoms with E-state index in [-0.39, 0.29) is 0 Å². The van der Waals surface area contributed by atoms with Crippen LogP contribution in [0.3, 0.4) is 0 Å². The van der Waals surface area contributed by atoms with Crippen LogP contribution in [-0.4, -0.2) is 18.0 Å². The first kappa shape index (κ1) is 21.1. The second-order valence-electron chi connectivity index (χ2n) is 6.46. The van der Waals surface area contributed by atoms with E-state index in [9.17, 15) is 9.59 Å². The first-order valence-corrected chi connectivity index (χ1v) is 9.56. The quantitative estimate of drug-likeness (QED) is 0.353. The van der Waals surface area contributed by atoms with Crippen molar-refractivity contribution >= 4 is 35.3 Å². The number of hydrazone groups is 1. The number of anilines is 1. The van der Waals surface area contributed by atoms with Gasteiger partial charge in [-0.15, -0.1) is 0 Å². The second kappa shape index (κ2) is 10.2. The summed E-state index contributed by atoms with van der Waals surface area (Å²) in [7, 11) is 0. The summed E-state index contributed by atoms with van der Waals surface area (Å²) < 4.78 is 5.72. The first-order valence-electron chi connectivity index (χ1n) is 9.18. The van der Waals surface area contributed by atoms with Crippen molar-refractivity contribution in [3.05, 3.63) is 94.5 Å². The number of amides is 2. The minimum Gasteiger partial charge on any atom is -0.489 e. The van der Waals surface area contributed by atoms with Crippen LogP contribution in [0.2, 0.25) is 5.02 Å². The highest BCUT2D eigenvalue weighted by Gasteiger charge is 2.13. The number of nitrogens with one attached hydrogen (secondary N) is 2. The Morgan fingerprint density at radius 1 is 1.00 bits per heavy atom. The van der Waals surface area contributed by atoms with E-state index in [0.717, 1.165) is 22.4 Å². The molecule has 3 aromatic carbocycles. The maximum Gasteiger partial charge on any atom is 0.329 e. The molecule has 0 aliphatic carbocycles. The summed E-state index contributed by atoms with van der Waals surface area (Å²) in [6.07, 6.45) is 1.44. The number of hydrogen-bond acceptors (Lipinski definition) is 4. The Bertz CT molecular complexity index is 1050. The number of benzene rings is 3. The first-order chi connectivity index (χ1) is 14.5. The number of hydrogen-bond donors (Lipinski definition) is 2. The number of rotatable bonds is 6. The maximum atomic E-state index is 11.9. The molecule has 7 heteroatoms. The zero-order valence-electron chi connectivity index (χ0n) is 16.3. The summed E-state index contributed by atoms with van der Waals surface area (Å²) >= 11 is 6.01. The second-order valence-corrected chi connectivity index (χ2v) is 6.87. The molecule has 3 aromatic rings. The molecule has 0 aliphatic rings. The van der Waals surface area contributed by atoms with Crippen LogP contribution < -0.4 is 15.5 Å². The van der Waals surface area contributed by atoms with Crippen molar-refractivity contribution in [3.63, 3.8) is 0 Å². The number of halogens is 1. The lowest BCUT2D eigenvalue weighted by molar-refractivity contribution is -0.136. The van der Waals surface area contributed by atoms with Crippen molar-refractivity contribution in [1.29, 1.82) is 0 Å². The Morgan fingerprint density at radius 2 is 1.73 bits per heavy atom. The SMILES string of the molecule is Cc1ccc(NC(=O)C(=O)N/N=C/c2ccc(OCc3ccccc3)cc2)cc1Cl. The van der Waals surface area contributed by atoms with E-state index in [1.54, 1.807) is 42.5 Å². The molecule has 0 saturated heterocycles. The van der Waals surface area contributed by atoms with Gasteiger partial charge in [0, 0.05) is 10.7 Å². The van der Waals surface area contributed by atoms with Crippen LogP contribution in [0.1, 0.15) is 16.7 Å². The summed E-state index contributed by atoms with van der Waals surface area (Å²) in [6, 6.07) is 22.1. The Hall–Kier alpha value is -3.64. The molecule has 0 radical (unpaired) electrons. The summed E-state index contributed by atoms with van der Waals surface area (Å²) in [6.45, 7) is 2.32. The molecule has 0 atom stereocenters. The van der Waals surface area contributed by atoms with Gasteiger partial charge in [-0.1, -0.05) is 48.0 Å². The predicted octanol–water partition coefficient (Wildman–Crippen LogP) is 4.32. The smallest absolute Gasteiger partial charge is 0.329 e. The molecule has 30 heavy (non-hydrogen) atoms. The number of ether oxygens (including phenoxy) is 1. The highest BCUT2D eigenvalue weighted by Crippen LogP contribution is 2.19. The number of carbonyl (C=O) groups excluding carboxylic acids is 2. The minimum absolute atomic E-state index is 0.431. The molecule has 3 rings (SSSR count). The van der Waals surface area contributed by atoms with Gasteiger partial charge in [-0.25, -0.2) is 5.43 Å². The van der Waals surface area contributed by atoms with Crippen molar-refractivity contribution in [2.75, 3.05) is 5.32 Å². The Labute approximate surface area is 179 Å². The average molecular weight is 422 g/mol. The molecule has 2 N–H and O–H groups in total. The molecular formula is C23H20ClN3O3. The van der Waals surface area contributed by atoms with E-state index in [1.807, 2.05) is 37.3 Å². The van der Waals surface area contributed by atoms with E-state index in [2.05, 4.69) is 15.8 Å². The van der Waals surface area contributed by atoms with Gasteiger partial charge >= 0.3 is 11.8 Å². The van der Waals surface area contributed by atoms with Gasteiger partial charge in [-0.3, -0.25) is 9.59 Å². The molecule has 6 nitrogen and oxygen atoms in total. The highest BCUT2D eigenvalue weighted by molar-refractivity contribution is 6.39. The van der Waals surface area contributed by atoms with E-state index >= 15 is 0 Å². The van der Waals surface area contributed by atoms with Gasteiger partial charge in [0.1, 0.15) is 12.4 Å². The van der Waals surface area contributed by atoms with E-state index in [1.165, 1.54) is 6.21 Å². The standard InChI is InChI=1S/C23H20ClN3O3/c1-16-7-10-19(13-21(16)24)26-22(28)23(29)27-25-14-17-8-11-20(12-9-17)30-15-18-5-3-2-4-6-18/h2-14H,15H2,1H3,(H,26,28)(H,27,29)/b25-14+. The van der Waals surface area contributed by atoms with Crippen molar-refractivity contribution in [2.45, 2.75) is 13.5 Å². The molecule has 0 bridgehead atoms. The van der Waals surface area contributed by atoms with Crippen LogP contribution in [0.5, 0.6) is 5.75 Å².